The summed E-state index contributed by atoms with van der Waals surface area (Å²) in [7, 11) is -3.45. The molecular weight excluding hydrogens is 442 g/mol. The highest BCUT2D eigenvalue weighted by Crippen LogP contribution is 2.30. The van der Waals surface area contributed by atoms with Crippen molar-refractivity contribution in [3.8, 4) is 5.75 Å². The number of carbonyl (C=O) groups is 1. The SMILES string of the molecule is CS(=O)(=O)c1ccc(OC2CCCC2)c(C(=O)N2CCN(c3nc4ccccc4o3)CC2)c1. The average molecular weight is 470 g/mol. The third-order valence-electron chi connectivity index (χ3n) is 6.33. The fraction of sp³-hybridized carbons (Fsp3) is 0.417. The Balaban J connectivity index is 1.34. The minimum atomic E-state index is -3.45. The van der Waals surface area contributed by atoms with Crippen LogP contribution in [0.2, 0.25) is 0 Å². The largest absolute Gasteiger partial charge is 0.490 e. The molecule has 1 aromatic heterocycles. The predicted molar refractivity (Wildman–Crippen MR) is 125 cm³/mol. The van der Waals surface area contributed by atoms with Gasteiger partial charge in [0.05, 0.1) is 16.6 Å². The average Bonchev–Trinajstić information content (AvgIpc) is 3.48. The Kier molecular flexibility index (Phi) is 5.74. The number of fused-ring (bicyclic) bond motifs is 1. The van der Waals surface area contributed by atoms with Crippen LogP contribution < -0.4 is 9.64 Å². The first-order valence-corrected chi connectivity index (χ1v) is 13.2. The second-order valence-corrected chi connectivity index (χ2v) is 10.7. The predicted octanol–water partition coefficient (Wildman–Crippen LogP) is 3.52. The van der Waals surface area contributed by atoms with Crippen LogP contribution in [0.15, 0.2) is 51.8 Å². The number of amides is 1. The van der Waals surface area contributed by atoms with Gasteiger partial charge in [-0.05, 0) is 56.0 Å². The van der Waals surface area contributed by atoms with Gasteiger partial charge in [0.1, 0.15) is 11.3 Å². The molecule has 1 aliphatic carbocycles. The Bertz CT molecular complexity index is 1240. The van der Waals surface area contributed by atoms with Crippen molar-refractivity contribution in [2.75, 3.05) is 37.3 Å². The molecule has 8 nitrogen and oxygen atoms in total. The molecule has 1 amide bonds. The van der Waals surface area contributed by atoms with Crippen LogP contribution in [0.1, 0.15) is 36.0 Å². The summed E-state index contributed by atoms with van der Waals surface area (Å²) < 4.78 is 36.2. The lowest BCUT2D eigenvalue weighted by molar-refractivity contribution is 0.0737. The summed E-state index contributed by atoms with van der Waals surface area (Å²) in [5, 5.41) is 0. The molecule has 0 radical (unpaired) electrons. The lowest BCUT2D eigenvalue weighted by atomic mass is 10.1. The highest BCUT2D eigenvalue weighted by Gasteiger charge is 2.28. The molecule has 0 bridgehead atoms. The lowest BCUT2D eigenvalue weighted by Gasteiger charge is -2.34. The van der Waals surface area contributed by atoms with E-state index in [1.165, 1.54) is 12.1 Å². The van der Waals surface area contributed by atoms with E-state index in [0.29, 0.717) is 43.5 Å². The number of nitrogens with zero attached hydrogens (tertiary/aromatic N) is 3. The van der Waals surface area contributed by atoms with Crippen molar-refractivity contribution in [1.29, 1.82) is 0 Å². The number of rotatable bonds is 5. The number of ether oxygens (including phenoxy) is 1. The highest BCUT2D eigenvalue weighted by molar-refractivity contribution is 7.90. The Labute approximate surface area is 193 Å². The number of carbonyl (C=O) groups excluding carboxylic acids is 1. The monoisotopic (exact) mass is 469 g/mol. The van der Waals surface area contributed by atoms with E-state index in [0.717, 1.165) is 43.0 Å². The third kappa shape index (κ3) is 4.55. The molecule has 3 aromatic rings. The molecule has 2 aromatic carbocycles. The topological polar surface area (TPSA) is 93.0 Å². The van der Waals surface area contributed by atoms with E-state index in [1.807, 2.05) is 29.2 Å². The Morgan fingerprint density at radius 1 is 1.06 bits per heavy atom. The molecule has 0 atom stereocenters. The van der Waals surface area contributed by atoms with Crippen molar-refractivity contribution in [2.45, 2.75) is 36.7 Å². The molecule has 1 saturated heterocycles. The number of para-hydroxylation sites is 2. The summed E-state index contributed by atoms with van der Waals surface area (Å²) in [6, 6.07) is 12.8. The summed E-state index contributed by atoms with van der Waals surface area (Å²) in [5.74, 6) is 0.242. The van der Waals surface area contributed by atoms with Gasteiger partial charge in [-0.15, -0.1) is 0 Å². The first-order chi connectivity index (χ1) is 15.9. The van der Waals surface area contributed by atoms with E-state index < -0.39 is 9.84 Å². The van der Waals surface area contributed by atoms with E-state index >= 15 is 0 Å². The third-order valence-corrected chi connectivity index (χ3v) is 7.44. The number of oxazole rings is 1. The lowest BCUT2D eigenvalue weighted by Crippen LogP contribution is -2.49. The fourth-order valence-corrected chi connectivity index (χ4v) is 5.11. The maximum Gasteiger partial charge on any atom is 0.298 e. The van der Waals surface area contributed by atoms with Crippen molar-refractivity contribution in [2.24, 2.45) is 0 Å². The van der Waals surface area contributed by atoms with Gasteiger partial charge in [-0.25, -0.2) is 8.42 Å². The fourth-order valence-electron chi connectivity index (χ4n) is 4.46. The van der Waals surface area contributed by atoms with Crippen LogP contribution in [0.3, 0.4) is 0 Å². The Hall–Kier alpha value is -3.07. The quantitative estimate of drug-likeness (QED) is 0.564. The van der Waals surface area contributed by atoms with Gasteiger partial charge in [-0.3, -0.25) is 4.79 Å². The summed E-state index contributed by atoms with van der Waals surface area (Å²) in [6.45, 7) is 2.10. The molecule has 2 aliphatic rings. The van der Waals surface area contributed by atoms with Gasteiger partial charge in [-0.2, -0.15) is 4.98 Å². The number of sulfone groups is 1. The van der Waals surface area contributed by atoms with E-state index in [4.69, 9.17) is 9.15 Å². The first kappa shape index (κ1) is 21.8. The molecule has 33 heavy (non-hydrogen) atoms. The molecule has 174 valence electrons. The van der Waals surface area contributed by atoms with Crippen molar-refractivity contribution in [3.05, 3.63) is 48.0 Å². The van der Waals surface area contributed by atoms with Gasteiger partial charge < -0.3 is 19.0 Å². The Morgan fingerprint density at radius 3 is 2.48 bits per heavy atom. The van der Waals surface area contributed by atoms with E-state index in [1.54, 1.807) is 11.0 Å². The molecule has 0 spiro atoms. The molecule has 1 aliphatic heterocycles. The van der Waals surface area contributed by atoms with Gasteiger partial charge in [0, 0.05) is 32.4 Å². The number of aromatic nitrogens is 1. The number of anilines is 1. The van der Waals surface area contributed by atoms with Crippen molar-refractivity contribution in [1.82, 2.24) is 9.88 Å². The molecule has 5 rings (SSSR count). The minimum absolute atomic E-state index is 0.0663. The summed E-state index contributed by atoms with van der Waals surface area (Å²) in [5.41, 5.74) is 1.84. The van der Waals surface area contributed by atoms with Crippen LogP contribution in [-0.2, 0) is 9.84 Å². The zero-order valence-electron chi connectivity index (χ0n) is 18.6. The van der Waals surface area contributed by atoms with Gasteiger partial charge in [-0.1, -0.05) is 12.1 Å². The maximum atomic E-state index is 13.5. The molecular formula is C24H27N3O5S. The smallest absolute Gasteiger partial charge is 0.298 e. The second kappa shape index (κ2) is 8.70. The van der Waals surface area contributed by atoms with Crippen molar-refractivity contribution in [3.63, 3.8) is 0 Å². The number of benzene rings is 2. The van der Waals surface area contributed by atoms with Crippen molar-refractivity contribution >= 4 is 32.9 Å². The minimum Gasteiger partial charge on any atom is -0.490 e. The summed E-state index contributed by atoms with van der Waals surface area (Å²) in [4.78, 5) is 21.9. The van der Waals surface area contributed by atoms with E-state index in [-0.39, 0.29) is 16.9 Å². The van der Waals surface area contributed by atoms with Gasteiger partial charge >= 0.3 is 0 Å². The molecule has 0 unspecified atom stereocenters. The number of hydrogen-bond acceptors (Lipinski definition) is 7. The Morgan fingerprint density at radius 2 is 1.79 bits per heavy atom. The maximum absolute atomic E-state index is 13.5. The zero-order chi connectivity index (χ0) is 23.0. The van der Waals surface area contributed by atoms with Crippen LogP contribution in [0.5, 0.6) is 5.75 Å². The second-order valence-electron chi connectivity index (χ2n) is 8.70. The normalized spacial score (nSPS) is 17.6. The molecule has 2 fully saturated rings. The summed E-state index contributed by atoms with van der Waals surface area (Å²) >= 11 is 0. The molecule has 1 saturated carbocycles. The number of hydrogen-bond donors (Lipinski definition) is 0. The highest BCUT2D eigenvalue weighted by atomic mass is 32.2. The van der Waals surface area contributed by atoms with Gasteiger partial charge in [0.2, 0.25) is 0 Å². The van der Waals surface area contributed by atoms with Crippen LogP contribution in [0, 0.1) is 0 Å². The van der Waals surface area contributed by atoms with Crippen LogP contribution in [0.4, 0.5) is 6.01 Å². The van der Waals surface area contributed by atoms with E-state index in [2.05, 4.69) is 4.98 Å². The van der Waals surface area contributed by atoms with Gasteiger partial charge in [0.15, 0.2) is 15.4 Å². The molecule has 9 heteroatoms. The zero-order valence-corrected chi connectivity index (χ0v) is 19.4. The standard InChI is InChI=1S/C24H27N3O5S/c1-33(29,30)18-10-11-21(31-17-6-2-3-7-17)19(16-18)23(28)26-12-14-27(15-13-26)24-25-20-8-4-5-9-22(20)32-24/h4-5,8-11,16-17H,2-3,6-7,12-15H2,1H3. The van der Waals surface area contributed by atoms with Crippen LogP contribution in [-0.4, -0.2) is 62.7 Å². The van der Waals surface area contributed by atoms with E-state index in [9.17, 15) is 13.2 Å². The van der Waals surface area contributed by atoms with Crippen LogP contribution in [0.25, 0.3) is 11.1 Å². The summed E-state index contributed by atoms with van der Waals surface area (Å²) in [6.07, 6.45) is 5.32. The molecule has 0 N–H and O–H groups in total. The number of piperazine rings is 1. The van der Waals surface area contributed by atoms with Gasteiger partial charge in [0.25, 0.3) is 11.9 Å². The van der Waals surface area contributed by atoms with Crippen molar-refractivity contribution < 1.29 is 22.4 Å². The van der Waals surface area contributed by atoms with Crippen LogP contribution >= 0.6 is 0 Å². The molecule has 2 heterocycles. The first-order valence-electron chi connectivity index (χ1n) is 11.3.